The Morgan fingerprint density at radius 1 is 0.956 bits per heavy atom. The number of nitrogens with zero attached hydrogens (tertiary/aromatic N) is 1. The Morgan fingerprint density at radius 3 is 2.33 bits per heavy atom. The molecule has 7 nitrogen and oxygen atoms in total. The van der Waals surface area contributed by atoms with Crippen LogP contribution in [0.1, 0.15) is 70.6 Å². The number of hydrogen-bond donors (Lipinski definition) is 5. The highest BCUT2D eigenvalue weighted by atomic mass is 35.5. The van der Waals surface area contributed by atoms with Crippen LogP contribution in [0.4, 0.5) is 18.9 Å². The molecule has 0 bridgehead atoms. The van der Waals surface area contributed by atoms with Crippen LogP contribution >= 0.6 is 23.2 Å². The lowest BCUT2D eigenvalue weighted by Gasteiger charge is -2.38. The zero-order valence-corrected chi connectivity index (χ0v) is 26.5. The first-order chi connectivity index (χ1) is 21.0. The van der Waals surface area contributed by atoms with Crippen LogP contribution in [0.15, 0.2) is 72.8 Å². The van der Waals surface area contributed by atoms with Gasteiger partial charge in [0, 0.05) is 25.2 Å². The minimum absolute atomic E-state index is 0. The molecule has 0 aromatic heterocycles. The molecule has 246 valence electrons. The summed E-state index contributed by atoms with van der Waals surface area (Å²) in [4.78, 5) is 13.8. The zero-order valence-electron chi connectivity index (χ0n) is 24.9. The minimum Gasteiger partial charge on any atom is -0.390 e. The molecule has 1 aliphatic heterocycles. The monoisotopic (exact) mass is 667 g/mol. The highest BCUT2D eigenvalue weighted by Gasteiger charge is 2.32. The van der Waals surface area contributed by atoms with Gasteiger partial charge in [-0.25, -0.2) is 0 Å². The molecule has 45 heavy (non-hydrogen) atoms. The van der Waals surface area contributed by atoms with Gasteiger partial charge in [0.15, 0.2) is 0 Å². The SMILES string of the molecule is Cl.O=C(N[C@@H](Cc1ccccc1)[C@H](O)CNCc1cccc(C(F)(F)F)c1)c1cc(C2CCCC2)cc(N2CCCS2(O)O)c1. The Morgan fingerprint density at radius 2 is 1.67 bits per heavy atom. The van der Waals surface area contributed by atoms with Crippen molar-refractivity contribution in [2.75, 3.05) is 23.1 Å². The molecule has 1 saturated carbocycles. The van der Waals surface area contributed by atoms with E-state index in [1.165, 1.54) is 6.07 Å². The largest absolute Gasteiger partial charge is 0.416 e. The second-order valence-corrected chi connectivity index (χ2v) is 13.9. The average Bonchev–Trinajstić information content (AvgIpc) is 3.66. The molecule has 5 N–H and O–H groups in total. The first-order valence-corrected chi connectivity index (χ1v) is 16.8. The number of carbonyl (C=O) groups excluding carboxylic acids is 1. The minimum atomic E-state index is -4.44. The summed E-state index contributed by atoms with van der Waals surface area (Å²) in [6, 6.07) is 19.3. The van der Waals surface area contributed by atoms with Crippen molar-refractivity contribution in [3.8, 4) is 0 Å². The molecule has 2 atom stereocenters. The van der Waals surface area contributed by atoms with Gasteiger partial charge >= 0.3 is 6.18 Å². The van der Waals surface area contributed by atoms with Crippen LogP contribution in [0, 0.1) is 0 Å². The van der Waals surface area contributed by atoms with Crippen molar-refractivity contribution in [3.63, 3.8) is 0 Å². The maximum atomic E-state index is 13.8. The highest BCUT2D eigenvalue weighted by molar-refractivity contribution is 8.25. The zero-order chi connectivity index (χ0) is 31.3. The summed E-state index contributed by atoms with van der Waals surface area (Å²) in [6.45, 7) is 0.641. The lowest BCUT2D eigenvalue weighted by molar-refractivity contribution is -0.137. The van der Waals surface area contributed by atoms with E-state index in [0.29, 0.717) is 42.0 Å². The number of rotatable bonds is 11. The van der Waals surface area contributed by atoms with Gasteiger partial charge in [-0.2, -0.15) is 13.2 Å². The Kier molecular flexibility index (Phi) is 11.8. The Hall–Kier alpha value is -2.80. The summed E-state index contributed by atoms with van der Waals surface area (Å²) in [5.74, 6) is 0.192. The molecular formula is C33H41ClF3N3O4S. The Bertz CT molecular complexity index is 1420. The van der Waals surface area contributed by atoms with Crippen molar-refractivity contribution in [1.82, 2.24) is 10.6 Å². The predicted octanol–water partition coefficient (Wildman–Crippen LogP) is 7.15. The maximum absolute atomic E-state index is 13.8. The number of hydrogen-bond acceptors (Lipinski definition) is 6. The Balaban J connectivity index is 0.00000461. The molecule has 2 fully saturated rings. The van der Waals surface area contributed by atoms with E-state index in [-0.39, 0.29) is 37.3 Å². The number of amides is 1. The summed E-state index contributed by atoms with van der Waals surface area (Å²) >= 11 is 0. The van der Waals surface area contributed by atoms with Gasteiger partial charge in [0.25, 0.3) is 5.91 Å². The molecule has 3 aromatic rings. The van der Waals surface area contributed by atoms with Gasteiger partial charge in [-0.1, -0.05) is 61.4 Å². The van der Waals surface area contributed by atoms with Crippen LogP contribution < -0.4 is 14.9 Å². The fourth-order valence-electron chi connectivity index (χ4n) is 6.13. The standard InChI is InChI=1S/C33H40F3N3O4S.ClH/c34-33(35,36)28-13-6-10-24(16-28)21-37-22-31(40)30(17-23-8-2-1-3-9-23)38-32(41)27-18-26(25-11-4-5-12-25)19-29(20-27)39-14-7-15-44(39,42)43;/h1-3,6,8-10,13,16,18-20,25,30-31,37,40,42-43H,4-5,7,11-12,14-15,17,21-22H2,(H,38,41);1H/t30-,31+;/m0./s1. The van der Waals surface area contributed by atoms with E-state index in [2.05, 4.69) is 10.6 Å². The van der Waals surface area contributed by atoms with Crippen LogP contribution in [0.25, 0.3) is 0 Å². The van der Waals surface area contributed by atoms with Crippen LogP contribution in [0.2, 0.25) is 0 Å². The number of alkyl halides is 3. The fourth-order valence-corrected chi connectivity index (χ4v) is 7.73. The topological polar surface area (TPSA) is 105 Å². The normalized spacial score (nSPS) is 18.7. The number of halogens is 4. The van der Waals surface area contributed by atoms with E-state index < -0.39 is 34.7 Å². The molecule has 1 saturated heterocycles. The summed E-state index contributed by atoms with van der Waals surface area (Å²) in [6.07, 6.45) is -0.282. The molecule has 1 heterocycles. The van der Waals surface area contributed by atoms with Crippen molar-refractivity contribution in [2.45, 2.75) is 69.3 Å². The summed E-state index contributed by atoms with van der Waals surface area (Å²) in [5, 5.41) is 17.3. The smallest absolute Gasteiger partial charge is 0.390 e. The fraction of sp³-hybridized carbons (Fsp3) is 0.424. The number of nitrogens with one attached hydrogen (secondary N) is 2. The Labute approximate surface area is 270 Å². The van der Waals surface area contributed by atoms with E-state index in [0.717, 1.165) is 48.9 Å². The summed E-state index contributed by atoms with van der Waals surface area (Å²) < 4.78 is 62.3. The predicted molar refractivity (Wildman–Crippen MR) is 175 cm³/mol. The molecule has 1 aliphatic carbocycles. The molecule has 12 heteroatoms. The molecule has 1 amide bonds. The van der Waals surface area contributed by atoms with Crippen LogP contribution in [0.3, 0.4) is 0 Å². The number of anilines is 1. The van der Waals surface area contributed by atoms with Crippen molar-refractivity contribution >= 4 is 34.8 Å². The van der Waals surface area contributed by atoms with Gasteiger partial charge in [-0.05, 0) is 72.6 Å². The third-order valence-corrected chi connectivity index (χ3v) is 10.4. The number of benzene rings is 3. The molecule has 3 aromatic carbocycles. The van der Waals surface area contributed by atoms with Crippen LogP contribution in [-0.2, 0) is 19.1 Å². The second kappa shape index (κ2) is 15.2. The number of aliphatic hydroxyl groups is 1. The van der Waals surface area contributed by atoms with Crippen molar-refractivity contribution in [3.05, 3.63) is 101 Å². The van der Waals surface area contributed by atoms with Gasteiger partial charge in [0.1, 0.15) is 0 Å². The van der Waals surface area contributed by atoms with Crippen molar-refractivity contribution < 1.29 is 32.2 Å². The van der Waals surface area contributed by atoms with Gasteiger partial charge in [0.2, 0.25) is 0 Å². The third kappa shape index (κ3) is 9.15. The average molecular weight is 668 g/mol. The van der Waals surface area contributed by atoms with Gasteiger partial charge in [-0.3, -0.25) is 18.2 Å². The summed E-state index contributed by atoms with van der Waals surface area (Å²) in [5.41, 5.74) is 2.59. The molecular weight excluding hydrogens is 627 g/mol. The number of aliphatic hydroxyl groups excluding tert-OH is 1. The molecule has 0 radical (unpaired) electrons. The van der Waals surface area contributed by atoms with Gasteiger partial charge in [0.05, 0.1) is 29.1 Å². The van der Waals surface area contributed by atoms with Crippen molar-refractivity contribution in [1.29, 1.82) is 0 Å². The van der Waals surface area contributed by atoms with E-state index in [1.54, 1.807) is 16.4 Å². The van der Waals surface area contributed by atoms with E-state index in [1.807, 2.05) is 42.5 Å². The van der Waals surface area contributed by atoms with E-state index in [9.17, 15) is 32.2 Å². The summed E-state index contributed by atoms with van der Waals surface area (Å²) in [7, 11) is -2.95. The molecule has 5 rings (SSSR count). The maximum Gasteiger partial charge on any atom is 0.416 e. The number of carbonyl (C=O) groups is 1. The first-order valence-electron chi connectivity index (χ1n) is 15.1. The molecule has 0 spiro atoms. The lowest BCUT2D eigenvalue weighted by atomic mass is 9.94. The van der Waals surface area contributed by atoms with Crippen LogP contribution in [-0.4, -0.2) is 51.1 Å². The van der Waals surface area contributed by atoms with E-state index >= 15 is 0 Å². The highest BCUT2D eigenvalue weighted by Crippen LogP contribution is 2.51. The van der Waals surface area contributed by atoms with Gasteiger partial charge < -0.3 is 15.7 Å². The second-order valence-electron chi connectivity index (χ2n) is 11.8. The quantitative estimate of drug-likeness (QED) is 0.149. The third-order valence-electron chi connectivity index (χ3n) is 8.47. The van der Waals surface area contributed by atoms with E-state index in [4.69, 9.17) is 0 Å². The molecule has 0 unspecified atom stereocenters. The van der Waals surface area contributed by atoms with Crippen LogP contribution in [0.5, 0.6) is 0 Å². The van der Waals surface area contributed by atoms with Crippen molar-refractivity contribution in [2.24, 2.45) is 0 Å². The van der Waals surface area contributed by atoms with Gasteiger partial charge in [-0.15, -0.1) is 23.2 Å². The lowest BCUT2D eigenvalue weighted by Crippen LogP contribution is -2.48. The first kappa shape index (κ1) is 35.1. The molecule has 2 aliphatic rings.